The van der Waals surface area contributed by atoms with Gasteiger partial charge in [-0.1, -0.05) is 53.5 Å². The van der Waals surface area contributed by atoms with Crippen LogP contribution >= 0.6 is 23.2 Å². The van der Waals surface area contributed by atoms with Crippen molar-refractivity contribution in [2.75, 3.05) is 0 Å². The first-order valence-electron chi connectivity index (χ1n) is 9.63. The molecule has 0 aliphatic heterocycles. The zero-order valence-electron chi connectivity index (χ0n) is 16.7. The van der Waals surface area contributed by atoms with E-state index >= 15 is 0 Å². The van der Waals surface area contributed by atoms with Crippen LogP contribution in [0.3, 0.4) is 0 Å². The Bertz CT molecular complexity index is 902. The Morgan fingerprint density at radius 2 is 1.58 bits per heavy atom. The summed E-state index contributed by atoms with van der Waals surface area (Å²) in [4.78, 5) is 23.4. The van der Waals surface area contributed by atoms with Gasteiger partial charge in [0.15, 0.2) is 0 Å². The third-order valence-electron chi connectivity index (χ3n) is 4.63. The topological polar surface area (TPSA) is 125 Å². The molecule has 0 radical (unpaired) electrons. The molecule has 9 heteroatoms. The van der Waals surface area contributed by atoms with E-state index < -0.39 is 24.0 Å². The normalized spacial score (nSPS) is 13.4. The molecule has 0 spiro atoms. The molecule has 2 aromatic carbocycles. The molecule has 0 unspecified atom stereocenters. The molecule has 2 atom stereocenters. The second kappa shape index (κ2) is 12.2. The van der Waals surface area contributed by atoms with Gasteiger partial charge in [-0.25, -0.2) is 0 Å². The van der Waals surface area contributed by atoms with Crippen molar-refractivity contribution in [1.29, 1.82) is 0 Å². The fourth-order valence-electron chi connectivity index (χ4n) is 3.04. The summed E-state index contributed by atoms with van der Waals surface area (Å²) in [6.45, 7) is 0.325. The van der Waals surface area contributed by atoms with Crippen molar-refractivity contribution in [2.24, 2.45) is 5.73 Å². The van der Waals surface area contributed by atoms with Gasteiger partial charge in [0.1, 0.15) is 12.1 Å². The van der Waals surface area contributed by atoms with Crippen molar-refractivity contribution in [3.05, 3.63) is 81.6 Å². The highest BCUT2D eigenvalue weighted by atomic mass is 35.5. The van der Waals surface area contributed by atoms with Crippen molar-refractivity contribution in [3.63, 3.8) is 0 Å². The maximum Gasteiger partial charge on any atom is 0.321 e. The van der Waals surface area contributed by atoms with E-state index in [0.29, 0.717) is 28.7 Å². The Morgan fingerprint density at radius 1 is 0.968 bits per heavy atom. The first kappa shape index (κ1) is 24.5. The van der Waals surface area contributed by atoms with E-state index in [-0.39, 0.29) is 12.8 Å². The Kier molecular flexibility index (Phi) is 9.65. The van der Waals surface area contributed by atoms with Crippen LogP contribution in [0.1, 0.15) is 24.0 Å². The molecule has 166 valence electrons. The minimum absolute atomic E-state index is 0.0186. The molecule has 7 nitrogen and oxygen atoms in total. The molecular formula is C22H25Cl2N3O4. The molecule has 0 amide bonds. The zero-order chi connectivity index (χ0) is 22.8. The highest BCUT2D eigenvalue weighted by Crippen LogP contribution is 2.19. The van der Waals surface area contributed by atoms with Crippen LogP contribution < -0.4 is 16.4 Å². The first-order chi connectivity index (χ1) is 14.8. The van der Waals surface area contributed by atoms with Crippen molar-refractivity contribution in [3.8, 4) is 0 Å². The fourth-order valence-corrected chi connectivity index (χ4v) is 3.61. The summed E-state index contributed by atoms with van der Waals surface area (Å²) in [5, 5.41) is 25.9. The molecule has 0 fully saturated rings. The van der Waals surface area contributed by atoms with Crippen LogP contribution in [-0.4, -0.2) is 34.2 Å². The maximum absolute atomic E-state index is 11.8. The monoisotopic (exact) mass is 465 g/mol. The molecule has 0 aromatic heterocycles. The Labute approximate surface area is 190 Å². The first-order valence-corrected chi connectivity index (χ1v) is 10.4. The molecule has 0 bridgehead atoms. The van der Waals surface area contributed by atoms with Gasteiger partial charge in [0.2, 0.25) is 0 Å². The van der Waals surface area contributed by atoms with E-state index in [0.717, 1.165) is 11.1 Å². The summed E-state index contributed by atoms with van der Waals surface area (Å²) in [5.41, 5.74) is 7.88. The lowest BCUT2D eigenvalue weighted by Crippen LogP contribution is -2.48. The lowest BCUT2D eigenvalue weighted by Gasteiger charge is -2.22. The average molecular weight is 466 g/mol. The van der Waals surface area contributed by atoms with Gasteiger partial charge in [-0.2, -0.15) is 0 Å². The minimum Gasteiger partial charge on any atom is -0.480 e. The second-order valence-corrected chi connectivity index (χ2v) is 7.87. The fraction of sp³-hybridized carbons (Fsp3) is 0.273. The third-order valence-corrected chi connectivity index (χ3v) is 5.07. The predicted molar refractivity (Wildman–Crippen MR) is 121 cm³/mol. The highest BCUT2D eigenvalue weighted by molar-refractivity contribution is 6.34. The van der Waals surface area contributed by atoms with Gasteiger partial charge < -0.3 is 21.3 Å². The van der Waals surface area contributed by atoms with Crippen molar-refractivity contribution < 1.29 is 19.8 Å². The summed E-state index contributed by atoms with van der Waals surface area (Å²) in [6, 6.07) is 12.3. The number of hydrogen-bond acceptors (Lipinski definition) is 5. The summed E-state index contributed by atoms with van der Waals surface area (Å²) >= 11 is 12.0. The second-order valence-electron chi connectivity index (χ2n) is 7.00. The van der Waals surface area contributed by atoms with E-state index in [1.54, 1.807) is 18.2 Å². The van der Waals surface area contributed by atoms with Crippen molar-refractivity contribution in [2.45, 2.75) is 37.9 Å². The number of halogens is 2. The van der Waals surface area contributed by atoms with Crippen LogP contribution in [0.4, 0.5) is 0 Å². The van der Waals surface area contributed by atoms with Gasteiger partial charge in [-0.3, -0.25) is 14.9 Å². The van der Waals surface area contributed by atoms with Gasteiger partial charge in [0.05, 0.1) is 0 Å². The van der Waals surface area contributed by atoms with Crippen LogP contribution in [0.2, 0.25) is 10.0 Å². The van der Waals surface area contributed by atoms with Crippen LogP contribution in [0.25, 0.3) is 0 Å². The van der Waals surface area contributed by atoms with E-state index in [9.17, 15) is 19.8 Å². The molecule has 6 N–H and O–H groups in total. The van der Waals surface area contributed by atoms with Gasteiger partial charge in [0.25, 0.3) is 0 Å². The quantitative estimate of drug-likeness (QED) is 0.325. The van der Waals surface area contributed by atoms with Gasteiger partial charge in [-0.15, -0.1) is 0 Å². The van der Waals surface area contributed by atoms with E-state index in [2.05, 4.69) is 10.6 Å². The average Bonchev–Trinajstić information content (AvgIpc) is 2.72. The minimum atomic E-state index is -1.17. The largest absolute Gasteiger partial charge is 0.480 e. The molecule has 0 saturated carbocycles. The van der Waals surface area contributed by atoms with Crippen LogP contribution in [0, 0.1) is 0 Å². The highest BCUT2D eigenvalue weighted by Gasteiger charge is 2.26. The third kappa shape index (κ3) is 8.49. The standard InChI is InChI=1S/C22H25Cl2N3O4/c23-16-8-15(9-17(24)10-16)13-26-18(12-25)11-20(22(30)31)27-19(21(28)29)7-6-14-4-2-1-3-5-14/h1-5,8-10,12,19-20,26-27H,6-7,11,13,25H2,(H,28,29)(H,30,31)/b18-12-/t19-,20-/m0/s1. The number of hydrogen-bond donors (Lipinski definition) is 5. The molecule has 2 rings (SSSR count). The summed E-state index contributed by atoms with van der Waals surface area (Å²) in [7, 11) is 0. The van der Waals surface area contributed by atoms with E-state index in [1.807, 2.05) is 30.3 Å². The Morgan fingerprint density at radius 3 is 2.13 bits per heavy atom. The molecule has 0 aliphatic carbocycles. The van der Waals surface area contributed by atoms with Crippen molar-refractivity contribution >= 4 is 35.1 Å². The molecular weight excluding hydrogens is 441 g/mol. The predicted octanol–water partition coefficient (Wildman–Crippen LogP) is 3.40. The number of rotatable bonds is 12. The number of benzene rings is 2. The lowest BCUT2D eigenvalue weighted by molar-refractivity contribution is -0.142. The SMILES string of the molecule is N/C=C(/C[C@H](N[C@@H](CCc1ccccc1)C(=O)O)C(=O)O)NCc1cc(Cl)cc(Cl)c1. The van der Waals surface area contributed by atoms with Crippen LogP contribution in [-0.2, 0) is 22.6 Å². The molecule has 0 saturated heterocycles. The van der Waals surface area contributed by atoms with Crippen LogP contribution in [0.5, 0.6) is 0 Å². The number of nitrogens with one attached hydrogen (secondary N) is 2. The Balaban J connectivity index is 1.99. The van der Waals surface area contributed by atoms with Gasteiger partial charge >= 0.3 is 11.9 Å². The Hall–Kier alpha value is -2.74. The lowest BCUT2D eigenvalue weighted by atomic mass is 10.0. The smallest absolute Gasteiger partial charge is 0.321 e. The van der Waals surface area contributed by atoms with Gasteiger partial charge in [0, 0.05) is 34.9 Å². The van der Waals surface area contributed by atoms with Crippen LogP contribution in [0.15, 0.2) is 60.4 Å². The van der Waals surface area contributed by atoms with Gasteiger partial charge in [-0.05, 0) is 42.2 Å². The number of carbonyl (C=O) groups is 2. The zero-order valence-corrected chi connectivity index (χ0v) is 18.2. The summed E-state index contributed by atoms with van der Waals surface area (Å²) in [5.74, 6) is -2.28. The van der Waals surface area contributed by atoms with E-state index in [1.165, 1.54) is 6.20 Å². The molecule has 0 heterocycles. The summed E-state index contributed by atoms with van der Waals surface area (Å²) < 4.78 is 0. The maximum atomic E-state index is 11.8. The molecule has 0 aliphatic rings. The number of carboxylic acids is 2. The number of aryl methyl sites for hydroxylation is 1. The molecule has 2 aromatic rings. The summed E-state index contributed by atoms with van der Waals surface area (Å²) in [6.07, 6.45) is 2.00. The van der Waals surface area contributed by atoms with E-state index in [4.69, 9.17) is 28.9 Å². The number of aliphatic carboxylic acids is 2. The molecule has 31 heavy (non-hydrogen) atoms. The number of nitrogens with two attached hydrogens (primary N) is 1. The van der Waals surface area contributed by atoms with Crippen molar-refractivity contribution in [1.82, 2.24) is 10.6 Å². The number of carboxylic acid groups (broad SMARTS) is 2.